The van der Waals surface area contributed by atoms with Crippen LogP contribution >= 0.6 is 12.2 Å². The summed E-state index contributed by atoms with van der Waals surface area (Å²) in [5.74, 6) is 0. The standard InChI is InChI=1S/C16H22N4S/c1-3-20-12-10-15(19-20)13(2)18-16(21)17-11-9-14-7-5-4-6-8-14/h4-8,10,12-13H,3,9,11H2,1-2H3,(H2,17,18,21). The molecule has 0 amide bonds. The van der Waals surface area contributed by atoms with Crippen molar-refractivity contribution in [3.05, 3.63) is 53.9 Å². The average Bonchev–Trinajstić information content (AvgIpc) is 2.97. The fourth-order valence-corrected chi connectivity index (χ4v) is 2.35. The fourth-order valence-electron chi connectivity index (χ4n) is 2.07. The van der Waals surface area contributed by atoms with E-state index < -0.39 is 0 Å². The SMILES string of the molecule is CCn1ccc(C(C)NC(=S)NCCc2ccccc2)n1. The molecule has 0 aliphatic heterocycles. The van der Waals surface area contributed by atoms with Crippen LogP contribution in [0.15, 0.2) is 42.6 Å². The van der Waals surface area contributed by atoms with E-state index in [-0.39, 0.29) is 6.04 Å². The summed E-state index contributed by atoms with van der Waals surface area (Å²) in [5.41, 5.74) is 2.31. The number of hydrogen-bond donors (Lipinski definition) is 2. The third kappa shape index (κ3) is 4.86. The molecule has 5 heteroatoms. The molecule has 0 saturated carbocycles. The normalized spacial score (nSPS) is 11.9. The van der Waals surface area contributed by atoms with Crippen LogP contribution in [-0.4, -0.2) is 21.4 Å². The zero-order valence-electron chi connectivity index (χ0n) is 12.5. The van der Waals surface area contributed by atoms with E-state index >= 15 is 0 Å². The molecule has 2 aromatic rings. The number of nitrogens with zero attached hydrogens (tertiary/aromatic N) is 2. The van der Waals surface area contributed by atoms with E-state index in [0.29, 0.717) is 5.11 Å². The Morgan fingerprint density at radius 3 is 2.71 bits per heavy atom. The van der Waals surface area contributed by atoms with Gasteiger partial charge >= 0.3 is 0 Å². The van der Waals surface area contributed by atoms with Gasteiger partial charge in [0.25, 0.3) is 0 Å². The maximum atomic E-state index is 5.32. The highest BCUT2D eigenvalue weighted by Gasteiger charge is 2.09. The van der Waals surface area contributed by atoms with Gasteiger partial charge < -0.3 is 10.6 Å². The Kier molecular flexibility index (Phi) is 5.75. The van der Waals surface area contributed by atoms with Crippen LogP contribution in [0.1, 0.15) is 31.1 Å². The van der Waals surface area contributed by atoms with E-state index in [0.717, 1.165) is 25.2 Å². The summed E-state index contributed by atoms with van der Waals surface area (Å²) in [5, 5.41) is 11.6. The van der Waals surface area contributed by atoms with Crippen molar-refractivity contribution >= 4 is 17.3 Å². The summed E-state index contributed by atoms with van der Waals surface area (Å²) in [7, 11) is 0. The van der Waals surface area contributed by atoms with Gasteiger partial charge in [-0.25, -0.2) is 0 Å². The van der Waals surface area contributed by atoms with Crippen molar-refractivity contribution in [1.29, 1.82) is 0 Å². The van der Waals surface area contributed by atoms with Gasteiger partial charge in [0, 0.05) is 19.3 Å². The molecule has 0 fully saturated rings. The second-order valence-corrected chi connectivity index (χ2v) is 5.36. The second-order valence-electron chi connectivity index (χ2n) is 4.95. The first-order valence-electron chi connectivity index (χ1n) is 7.30. The number of nitrogens with one attached hydrogen (secondary N) is 2. The lowest BCUT2D eigenvalue weighted by molar-refractivity contribution is 0.609. The fraction of sp³-hybridized carbons (Fsp3) is 0.375. The van der Waals surface area contributed by atoms with Crippen molar-refractivity contribution < 1.29 is 0 Å². The third-order valence-electron chi connectivity index (χ3n) is 3.32. The van der Waals surface area contributed by atoms with Gasteiger partial charge in [0.15, 0.2) is 5.11 Å². The Morgan fingerprint density at radius 2 is 2.05 bits per heavy atom. The van der Waals surface area contributed by atoms with Crippen LogP contribution in [0.5, 0.6) is 0 Å². The van der Waals surface area contributed by atoms with Gasteiger partial charge in [-0.3, -0.25) is 4.68 Å². The number of rotatable bonds is 6. The molecule has 0 saturated heterocycles. The Morgan fingerprint density at radius 1 is 1.29 bits per heavy atom. The van der Waals surface area contributed by atoms with E-state index in [1.165, 1.54) is 5.56 Å². The zero-order chi connectivity index (χ0) is 15.1. The lowest BCUT2D eigenvalue weighted by Crippen LogP contribution is -2.37. The van der Waals surface area contributed by atoms with Gasteiger partial charge in [-0.1, -0.05) is 30.3 Å². The number of thiocarbonyl (C=S) groups is 1. The number of benzene rings is 1. The highest BCUT2D eigenvalue weighted by Crippen LogP contribution is 2.08. The minimum Gasteiger partial charge on any atom is -0.362 e. The molecule has 1 atom stereocenters. The Labute approximate surface area is 131 Å². The lowest BCUT2D eigenvalue weighted by atomic mass is 10.1. The first-order chi connectivity index (χ1) is 10.2. The number of aromatic nitrogens is 2. The van der Waals surface area contributed by atoms with Crippen LogP contribution in [0, 0.1) is 0 Å². The quantitative estimate of drug-likeness (QED) is 0.805. The minimum absolute atomic E-state index is 0.106. The smallest absolute Gasteiger partial charge is 0.166 e. The molecule has 0 radical (unpaired) electrons. The van der Waals surface area contributed by atoms with Crippen LogP contribution in [0.3, 0.4) is 0 Å². The first kappa shape index (κ1) is 15.5. The molecular formula is C16H22N4S. The molecule has 1 unspecified atom stereocenters. The number of hydrogen-bond acceptors (Lipinski definition) is 2. The molecule has 21 heavy (non-hydrogen) atoms. The molecule has 1 heterocycles. The Balaban J connectivity index is 1.74. The molecule has 0 spiro atoms. The minimum atomic E-state index is 0.106. The third-order valence-corrected chi connectivity index (χ3v) is 3.58. The zero-order valence-corrected chi connectivity index (χ0v) is 13.4. The summed E-state index contributed by atoms with van der Waals surface area (Å²) in [6.07, 6.45) is 2.95. The van der Waals surface area contributed by atoms with Crippen molar-refractivity contribution in [3.63, 3.8) is 0 Å². The molecule has 0 aliphatic rings. The van der Waals surface area contributed by atoms with Gasteiger partial charge in [-0.15, -0.1) is 0 Å². The second kappa shape index (κ2) is 7.78. The van der Waals surface area contributed by atoms with Crippen LogP contribution in [0.4, 0.5) is 0 Å². The van der Waals surface area contributed by atoms with E-state index in [1.807, 2.05) is 23.0 Å². The van der Waals surface area contributed by atoms with Crippen molar-refractivity contribution in [2.45, 2.75) is 32.9 Å². The first-order valence-corrected chi connectivity index (χ1v) is 7.71. The van der Waals surface area contributed by atoms with Crippen LogP contribution in [0.2, 0.25) is 0 Å². The van der Waals surface area contributed by atoms with Crippen LogP contribution in [0.25, 0.3) is 0 Å². The van der Waals surface area contributed by atoms with Crippen molar-refractivity contribution in [2.75, 3.05) is 6.54 Å². The van der Waals surface area contributed by atoms with E-state index in [1.54, 1.807) is 0 Å². The van der Waals surface area contributed by atoms with Gasteiger partial charge in [0.05, 0.1) is 11.7 Å². The van der Waals surface area contributed by atoms with Crippen molar-refractivity contribution in [1.82, 2.24) is 20.4 Å². The van der Waals surface area contributed by atoms with Crippen LogP contribution in [-0.2, 0) is 13.0 Å². The van der Waals surface area contributed by atoms with Crippen LogP contribution < -0.4 is 10.6 Å². The Bertz CT molecular complexity index is 565. The maximum absolute atomic E-state index is 5.32. The monoisotopic (exact) mass is 302 g/mol. The summed E-state index contributed by atoms with van der Waals surface area (Å²) in [6, 6.07) is 12.5. The average molecular weight is 302 g/mol. The molecule has 1 aromatic heterocycles. The largest absolute Gasteiger partial charge is 0.362 e. The highest BCUT2D eigenvalue weighted by molar-refractivity contribution is 7.80. The summed E-state index contributed by atoms with van der Waals surface area (Å²) >= 11 is 5.32. The molecule has 0 aliphatic carbocycles. The summed E-state index contributed by atoms with van der Waals surface area (Å²) in [6.45, 7) is 5.84. The molecule has 112 valence electrons. The maximum Gasteiger partial charge on any atom is 0.166 e. The Hall–Kier alpha value is -1.88. The molecule has 2 rings (SSSR count). The van der Waals surface area contributed by atoms with Gasteiger partial charge in [-0.05, 0) is 44.1 Å². The molecule has 1 aromatic carbocycles. The summed E-state index contributed by atoms with van der Waals surface area (Å²) in [4.78, 5) is 0. The summed E-state index contributed by atoms with van der Waals surface area (Å²) < 4.78 is 1.92. The van der Waals surface area contributed by atoms with E-state index in [9.17, 15) is 0 Å². The molecule has 2 N–H and O–H groups in total. The van der Waals surface area contributed by atoms with Gasteiger partial charge in [0.2, 0.25) is 0 Å². The van der Waals surface area contributed by atoms with E-state index in [2.05, 4.69) is 53.8 Å². The lowest BCUT2D eigenvalue weighted by Gasteiger charge is -2.15. The molecule has 4 nitrogen and oxygen atoms in total. The van der Waals surface area contributed by atoms with Gasteiger partial charge in [0.1, 0.15) is 0 Å². The number of aryl methyl sites for hydroxylation is 1. The van der Waals surface area contributed by atoms with Crippen molar-refractivity contribution in [3.8, 4) is 0 Å². The molecular weight excluding hydrogens is 280 g/mol. The molecule has 0 bridgehead atoms. The predicted molar refractivity (Wildman–Crippen MR) is 90.2 cm³/mol. The van der Waals surface area contributed by atoms with E-state index in [4.69, 9.17) is 12.2 Å². The van der Waals surface area contributed by atoms with Crippen molar-refractivity contribution in [2.24, 2.45) is 0 Å². The predicted octanol–water partition coefficient (Wildman–Crippen LogP) is 2.67. The topological polar surface area (TPSA) is 41.9 Å². The van der Waals surface area contributed by atoms with Gasteiger partial charge in [-0.2, -0.15) is 5.10 Å². The highest BCUT2D eigenvalue weighted by atomic mass is 32.1.